The van der Waals surface area contributed by atoms with Gasteiger partial charge in [0.15, 0.2) is 0 Å². The number of ether oxygens (including phenoxy) is 2. The van der Waals surface area contributed by atoms with Gasteiger partial charge in [0.2, 0.25) is 0 Å². The molecule has 2 rings (SSSR count). The van der Waals surface area contributed by atoms with Crippen molar-refractivity contribution in [2.24, 2.45) is 11.3 Å². The highest BCUT2D eigenvalue weighted by Crippen LogP contribution is 2.45. The molecule has 0 bridgehead atoms. The van der Waals surface area contributed by atoms with Crippen LogP contribution in [0.3, 0.4) is 0 Å². The van der Waals surface area contributed by atoms with Gasteiger partial charge in [-0.1, -0.05) is 39.3 Å². The first-order valence-electron chi connectivity index (χ1n) is 7.56. The van der Waals surface area contributed by atoms with Gasteiger partial charge in [0.1, 0.15) is 5.75 Å². The van der Waals surface area contributed by atoms with E-state index >= 15 is 0 Å². The zero-order valence-electron chi connectivity index (χ0n) is 13.6. The molecular weight excluding hydrogens is 286 g/mol. The lowest BCUT2D eigenvalue weighted by Gasteiger charge is -2.52. The van der Waals surface area contributed by atoms with Crippen molar-refractivity contribution in [3.05, 3.63) is 23.2 Å². The van der Waals surface area contributed by atoms with Crippen LogP contribution in [0.25, 0.3) is 0 Å². The van der Waals surface area contributed by atoms with E-state index in [2.05, 4.69) is 33.0 Å². The molecule has 2 unspecified atom stereocenters. The Bertz CT molecular complexity index is 488. The van der Waals surface area contributed by atoms with E-state index in [0.717, 1.165) is 18.7 Å². The van der Waals surface area contributed by atoms with Crippen LogP contribution in [-0.2, 0) is 4.74 Å². The highest BCUT2D eigenvalue weighted by Gasteiger charge is 2.49. The van der Waals surface area contributed by atoms with Crippen LogP contribution in [0.15, 0.2) is 18.2 Å². The van der Waals surface area contributed by atoms with Crippen molar-refractivity contribution in [3.63, 3.8) is 0 Å². The zero-order chi connectivity index (χ0) is 15.6. The lowest BCUT2D eigenvalue weighted by molar-refractivity contribution is -0.108. The molecule has 1 saturated carbocycles. The van der Waals surface area contributed by atoms with Gasteiger partial charge in [0.25, 0.3) is 0 Å². The van der Waals surface area contributed by atoms with Gasteiger partial charge in [-0.25, -0.2) is 0 Å². The monoisotopic (exact) mass is 311 g/mol. The van der Waals surface area contributed by atoms with Gasteiger partial charge < -0.3 is 14.8 Å². The Hall–Kier alpha value is -0.930. The molecule has 21 heavy (non-hydrogen) atoms. The van der Waals surface area contributed by atoms with Gasteiger partial charge in [-0.15, -0.1) is 0 Å². The van der Waals surface area contributed by atoms with Crippen molar-refractivity contribution in [1.29, 1.82) is 0 Å². The highest BCUT2D eigenvalue weighted by molar-refractivity contribution is 6.32. The molecule has 0 radical (unpaired) electrons. The van der Waals surface area contributed by atoms with E-state index in [-0.39, 0.29) is 5.41 Å². The fraction of sp³-hybridized carbons (Fsp3) is 0.647. The minimum Gasteiger partial charge on any atom is -0.495 e. The summed E-state index contributed by atoms with van der Waals surface area (Å²) in [7, 11) is 1.63. The molecule has 0 aromatic heterocycles. The Morgan fingerprint density at radius 3 is 2.67 bits per heavy atom. The van der Waals surface area contributed by atoms with Crippen LogP contribution in [0.5, 0.6) is 5.75 Å². The second kappa shape index (κ2) is 6.45. The topological polar surface area (TPSA) is 30.5 Å². The molecule has 1 fully saturated rings. The van der Waals surface area contributed by atoms with Crippen LogP contribution < -0.4 is 10.1 Å². The molecule has 1 aliphatic carbocycles. The van der Waals surface area contributed by atoms with Gasteiger partial charge in [0.05, 0.1) is 18.2 Å². The van der Waals surface area contributed by atoms with E-state index < -0.39 is 0 Å². The summed E-state index contributed by atoms with van der Waals surface area (Å²) in [5, 5.41) is 4.20. The zero-order valence-corrected chi connectivity index (χ0v) is 14.3. The van der Waals surface area contributed by atoms with Crippen molar-refractivity contribution in [1.82, 2.24) is 0 Å². The number of methoxy groups -OCH3 is 1. The molecule has 0 spiro atoms. The molecule has 0 heterocycles. The fourth-order valence-electron chi connectivity index (χ4n) is 2.67. The summed E-state index contributed by atoms with van der Waals surface area (Å²) < 4.78 is 11.3. The Kier molecular flexibility index (Phi) is 5.05. The molecule has 3 nitrogen and oxygen atoms in total. The van der Waals surface area contributed by atoms with E-state index in [1.165, 1.54) is 0 Å². The highest BCUT2D eigenvalue weighted by atomic mass is 35.5. The van der Waals surface area contributed by atoms with Gasteiger partial charge in [-0.05, 0) is 24.5 Å². The largest absolute Gasteiger partial charge is 0.495 e. The Balaban J connectivity index is 1.96. The summed E-state index contributed by atoms with van der Waals surface area (Å²) in [6, 6.07) is 6.20. The van der Waals surface area contributed by atoms with Gasteiger partial charge >= 0.3 is 0 Å². The van der Waals surface area contributed by atoms with E-state index in [4.69, 9.17) is 21.1 Å². The quantitative estimate of drug-likeness (QED) is 0.833. The van der Waals surface area contributed by atoms with Crippen LogP contribution in [0.1, 0.15) is 34.1 Å². The molecule has 0 saturated heterocycles. The lowest BCUT2D eigenvalue weighted by Crippen LogP contribution is -2.58. The number of nitrogens with one attached hydrogen (secondary N) is 1. The van der Waals surface area contributed by atoms with Crippen molar-refractivity contribution in [2.45, 2.75) is 46.3 Å². The third-order valence-electron chi connectivity index (χ3n) is 4.30. The first kappa shape index (κ1) is 16.4. The third kappa shape index (κ3) is 3.64. The third-order valence-corrected chi connectivity index (χ3v) is 4.61. The molecule has 1 N–H and O–H groups in total. The van der Waals surface area contributed by atoms with Crippen LogP contribution in [0.4, 0.5) is 5.69 Å². The SMILES string of the molecule is COc1cc(NC2CC(OCC(C)C)C2(C)C)ccc1Cl. The van der Waals surface area contributed by atoms with Crippen molar-refractivity contribution in [2.75, 3.05) is 19.0 Å². The molecule has 4 heteroatoms. The smallest absolute Gasteiger partial charge is 0.139 e. The lowest BCUT2D eigenvalue weighted by atomic mass is 9.64. The minimum absolute atomic E-state index is 0.127. The van der Waals surface area contributed by atoms with E-state index in [9.17, 15) is 0 Å². The molecular formula is C17H26ClNO2. The van der Waals surface area contributed by atoms with Crippen molar-refractivity contribution >= 4 is 17.3 Å². The molecule has 118 valence electrons. The Morgan fingerprint density at radius 1 is 1.38 bits per heavy atom. The van der Waals surface area contributed by atoms with Gasteiger partial charge in [0, 0.05) is 29.8 Å². The summed E-state index contributed by atoms with van der Waals surface area (Å²) in [4.78, 5) is 0. The van der Waals surface area contributed by atoms with Crippen LogP contribution in [-0.4, -0.2) is 25.9 Å². The summed E-state index contributed by atoms with van der Waals surface area (Å²) in [5.41, 5.74) is 1.17. The summed E-state index contributed by atoms with van der Waals surface area (Å²) in [5.74, 6) is 1.28. The van der Waals surface area contributed by atoms with E-state index in [1.54, 1.807) is 7.11 Å². The van der Waals surface area contributed by atoms with Crippen LogP contribution >= 0.6 is 11.6 Å². The average molecular weight is 312 g/mol. The maximum Gasteiger partial charge on any atom is 0.139 e. The van der Waals surface area contributed by atoms with Crippen LogP contribution in [0, 0.1) is 11.3 Å². The fourth-order valence-corrected chi connectivity index (χ4v) is 2.87. The molecule has 0 amide bonds. The summed E-state index contributed by atoms with van der Waals surface area (Å²) in [6.07, 6.45) is 1.36. The normalized spacial score (nSPS) is 23.8. The second-order valence-corrected chi connectivity index (χ2v) is 7.23. The number of hydrogen-bond donors (Lipinski definition) is 1. The molecule has 0 aliphatic heterocycles. The Labute approximate surface area is 133 Å². The van der Waals surface area contributed by atoms with Crippen LogP contribution in [0.2, 0.25) is 5.02 Å². The number of anilines is 1. The summed E-state index contributed by atoms with van der Waals surface area (Å²) in [6.45, 7) is 9.71. The molecule has 1 aliphatic rings. The number of benzene rings is 1. The first-order chi connectivity index (χ1) is 9.84. The number of halogens is 1. The number of rotatable bonds is 6. The second-order valence-electron chi connectivity index (χ2n) is 6.82. The molecule has 1 aromatic rings. The van der Waals surface area contributed by atoms with Gasteiger partial charge in [-0.3, -0.25) is 0 Å². The Morgan fingerprint density at radius 2 is 2.10 bits per heavy atom. The predicted molar refractivity (Wildman–Crippen MR) is 88.4 cm³/mol. The minimum atomic E-state index is 0.127. The van der Waals surface area contributed by atoms with E-state index in [1.807, 2.05) is 18.2 Å². The number of hydrogen-bond acceptors (Lipinski definition) is 3. The van der Waals surface area contributed by atoms with Crippen molar-refractivity contribution < 1.29 is 9.47 Å². The maximum atomic E-state index is 6.06. The van der Waals surface area contributed by atoms with E-state index in [0.29, 0.717) is 28.8 Å². The predicted octanol–water partition coefficient (Wildman–Crippen LogP) is 4.60. The molecule has 1 aromatic carbocycles. The van der Waals surface area contributed by atoms with Gasteiger partial charge in [-0.2, -0.15) is 0 Å². The standard InChI is InChI=1S/C17H26ClNO2/c1-11(2)10-21-16-9-15(17(16,3)4)19-12-6-7-13(18)14(8-12)20-5/h6-8,11,15-16,19H,9-10H2,1-5H3. The summed E-state index contributed by atoms with van der Waals surface area (Å²) >= 11 is 6.06. The van der Waals surface area contributed by atoms with Crippen molar-refractivity contribution in [3.8, 4) is 5.75 Å². The first-order valence-corrected chi connectivity index (χ1v) is 7.94. The molecule has 2 atom stereocenters. The maximum absolute atomic E-state index is 6.06. The average Bonchev–Trinajstić information content (AvgIpc) is 2.43.